The molecule has 0 N–H and O–H groups in total. The van der Waals surface area contributed by atoms with E-state index >= 15 is 0 Å². The van der Waals surface area contributed by atoms with Gasteiger partial charge in [0, 0.05) is 36.5 Å². The zero-order valence-electron chi connectivity index (χ0n) is 10.6. The molecule has 2 fully saturated rings. The first kappa shape index (κ1) is 12.9. The second-order valence-corrected chi connectivity index (χ2v) is 7.14. The first-order valence-corrected chi connectivity index (χ1v) is 8.77. The number of hydrogen-bond donors (Lipinski definition) is 0. The number of hydrogen-bond acceptors (Lipinski definition) is 5. The molecule has 0 aromatic carbocycles. The zero-order valence-corrected chi connectivity index (χ0v) is 12.2. The minimum atomic E-state index is 0.454. The number of ether oxygens (including phenoxy) is 1. The van der Waals surface area contributed by atoms with Crippen molar-refractivity contribution < 1.29 is 4.74 Å². The number of thiazole rings is 1. The van der Waals surface area contributed by atoms with Crippen molar-refractivity contribution in [1.82, 2.24) is 9.88 Å². The van der Waals surface area contributed by atoms with Crippen molar-refractivity contribution in [2.45, 2.75) is 38.0 Å². The Labute approximate surface area is 117 Å². The predicted octanol–water partition coefficient (Wildman–Crippen LogP) is 2.63. The zero-order chi connectivity index (χ0) is 12.2. The molecule has 2 aliphatic heterocycles. The van der Waals surface area contributed by atoms with Gasteiger partial charge in [-0.25, -0.2) is 4.98 Å². The van der Waals surface area contributed by atoms with Crippen LogP contribution in [0.5, 0.6) is 0 Å². The third kappa shape index (κ3) is 3.26. The lowest BCUT2D eigenvalue weighted by molar-refractivity contribution is 0.0575. The summed E-state index contributed by atoms with van der Waals surface area (Å²) in [6.07, 6.45) is 6.15. The smallest absolute Gasteiger partial charge is 0.107 e. The van der Waals surface area contributed by atoms with E-state index in [2.05, 4.69) is 27.0 Å². The van der Waals surface area contributed by atoms with Crippen LogP contribution in [0.1, 0.15) is 24.3 Å². The van der Waals surface area contributed by atoms with E-state index in [1.807, 2.05) is 6.20 Å². The van der Waals surface area contributed by atoms with Gasteiger partial charge in [0.05, 0.1) is 12.6 Å². The fourth-order valence-corrected chi connectivity index (χ4v) is 4.60. The van der Waals surface area contributed by atoms with Crippen molar-refractivity contribution >= 4 is 23.1 Å². The molecule has 2 unspecified atom stereocenters. The molecule has 0 amide bonds. The molecule has 3 rings (SSSR count). The van der Waals surface area contributed by atoms with Gasteiger partial charge in [-0.05, 0) is 25.0 Å². The van der Waals surface area contributed by atoms with E-state index in [1.54, 1.807) is 11.3 Å². The molecular weight excluding hydrogens is 264 g/mol. The summed E-state index contributed by atoms with van der Waals surface area (Å²) in [7, 11) is 0. The van der Waals surface area contributed by atoms with Crippen LogP contribution < -0.4 is 0 Å². The summed E-state index contributed by atoms with van der Waals surface area (Å²) in [6, 6.07) is 0.725. The van der Waals surface area contributed by atoms with Crippen LogP contribution in [0.4, 0.5) is 0 Å². The molecule has 0 radical (unpaired) electrons. The van der Waals surface area contributed by atoms with Crippen LogP contribution in [0.2, 0.25) is 0 Å². The molecule has 0 spiro atoms. The number of rotatable bonds is 5. The Balaban J connectivity index is 1.62. The lowest BCUT2D eigenvalue weighted by atomic mass is 10.1. The summed E-state index contributed by atoms with van der Waals surface area (Å²) in [5, 5.41) is 3.31. The summed E-state index contributed by atoms with van der Waals surface area (Å²) in [6.45, 7) is 3.04. The molecule has 100 valence electrons. The molecule has 2 saturated heterocycles. The van der Waals surface area contributed by atoms with Gasteiger partial charge in [-0.3, -0.25) is 4.90 Å². The van der Waals surface area contributed by atoms with Gasteiger partial charge < -0.3 is 4.74 Å². The van der Waals surface area contributed by atoms with E-state index in [0.29, 0.717) is 6.10 Å². The summed E-state index contributed by atoms with van der Waals surface area (Å²) in [5.41, 5.74) is 0. The Morgan fingerprint density at radius 2 is 2.44 bits per heavy atom. The van der Waals surface area contributed by atoms with Crippen molar-refractivity contribution in [3.05, 3.63) is 16.6 Å². The fraction of sp³-hybridized carbons (Fsp3) is 0.769. The van der Waals surface area contributed by atoms with Crippen LogP contribution >= 0.6 is 23.1 Å². The van der Waals surface area contributed by atoms with Crippen molar-refractivity contribution in [3.8, 4) is 0 Å². The van der Waals surface area contributed by atoms with Gasteiger partial charge in [0.25, 0.3) is 0 Å². The number of thioether (sulfide) groups is 1. The summed E-state index contributed by atoms with van der Waals surface area (Å²) in [5.74, 6) is 2.59. The third-order valence-corrected chi connectivity index (χ3v) is 5.62. The van der Waals surface area contributed by atoms with E-state index < -0.39 is 0 Å². The largest absolute Gasteiger partial charge is 0.377 e. The quantitative estimate of drug-likeness (QED) is 0.830. The number of aromatic nitrogens is 1. The maximum absolute atomic E-state index is 5.80. The van der Waals surface area contributed by atoms with Crippen LogP contribution in [0.25, 0.3) is 0 Å². The van der Waals surface area contributed by atoms with Crippen LogP contribution in [0.3, 0.4) is 0 Å². The van der Waals surface area contributed by atoms with Gasteiger partial charge in [0.15, 0.2) is 0 Å². The highest BCUT2D eigenvalue weighted by molar-refractivity contribution is 7.99. The second kappa shape index (κ2) is 6.37. The van der Waals surface area contributed by atoms with E-state index in [9.17, 15) is 0 Å². The van der Waals surface area contributed by atoms with E-state index in [1.165, 1.54) is 35.8 Å². The summed E-state index contributed by atoms with van der Waals surface area (Å²) >= 11 is 3.85. The molecule has 1 aromatic heterocycles. The second-order valence-electron chi connectivity index (χ2n) is 5.01. The number of nitrogens with zero attached hydrogens (tertiary/aromatic N) is 2. The van der Waals surface area contributed by atoms with Crippen LogP contribution in [-0.4, -0.2) is 46.7 Å². The normalized spacial score (nSPS) is 28.3. The molecular formula is C13H20N2OS2. The van der Waals surface area contributed by atoms with Crippen molar-refractivity contribution in [2.24, 2.45) is 0 Å². The highest BCUT2D eigenvalue weighted by Crippen LogP contribution is 2.26. The first-order valence-electron chi connectivity index (χ1n) is 6.73. The van der Waals surface area contributed by atoms with Gasteiger partial charge in [-0.15, -0.1) is 11.3 Å². The Bertz CT molecular complexity index is 346. The van der Waals surface area contributed by atoms with E-state index in [-0.39, 0.29) is 0 Å². The SMILES string of the molecule is c1csc(CN(CC2CCCO2)C2CCSC2)n1. The topological polar surface area (TPSA) is 25.4 Å². The molecule has 5 heteroatoms. The van der Waals surface area contributed by atoms with Crippen LogP contribution in [-0.2, 0) is 11.3 Å². The Morgan fingerprint density at radius 3 is 3.11 bits per heavy atom. The average Bonchev–Trinajstić information content (AvgIpc) is 3.13. The molecule has 0 bridgehead atoms. The molecule has 18 heavy (non-hydrogen) atoms. The standard InChI is InChI=1S/C13H20N2OS2/c1-2-12(16-5-1)8-15(11-3-6-17-10-11)9-13-14-4-7-18-13/h4,7,11-12H,1-3,5-6,8-10H2. The molecule has 3 nitrogen and oxygen atoms in total. The van der Waals surface area contributed by atoms with Crippen molar-refractivity contribution in [1.29, 1.82) is 0 Å². The van der Waals surface area contributed by atoms with Crippen LogP contribution in [0.15, 0.2) is 11.6 Å². The molecule has 2 atom stereocenters. The molecule has 3 heterocycles. The average molecular weight is 284 g/mol. The molecule has 0 aliphatic carbocycles. The molecule has 2 aliphatic rings. The Kier molecular flexibility index (Phi) is 4.57. The summed E-state index contributed by atoms with van der Waals surface area (Å²) in [4.78, 5) is 7.04. The van der Waals surface area contributed by atoms with E-state index in [0.717, 1.165) is 25.7 Å². The highest BCUT2D eigenvalue weighted by atomic mass is 32.2. The predicted molar refractivity (Wildman–Crippen MR) is 77.2 cm³/mol. The highest BCUT2D eigenvalue weighted by Gasteiger charge is 2.27. The van der Waals surface area contributed by atoms with Gasteiger partial charge in [-0.2, -0.15) is 11.8 Å². The van der Waals surface area contributed by atoms with Crippen LogP contribution in [0, 0.1) is 0 Å². The summed E-state index contributed by atoms with van der Waals surface area (Å²) < 4.78 is 5.80. The minimum Gasteiger partial charge on any atom is -0.377 e. The molecule has 1 aromatic rings. The van der Waals surface area contributed by atoms with Gasteiger partial charge >= 0.3 is 0 Å². The van der Waals surface area contributed by atoms with E-state index in [4.69, 9.17) is 4.74 Å². The Morgan fingerprint density at radius 1 is 1.44 bits per heavy atom. The van der Waals surface area contributed by atoms with Gasteiger partial charge in [-0.1, -0.05) is 0 Å². The Hall–Kier alpha value is -0.100. The maximum atomic E-state index is 5.80. The maximum Gasteiger partial charge on any atom is 0.107 e. The van der Waals surface area contributed by atoms with Crippen molar-refractivity contribution in [3.63, 3.8) is 0 Å². The monoisotopic (exact) mass is 284 g/mol. The van der Waals surface area contributed by atoms with Crippen molar-refractivity contribution in [2.75, 3.05) is 24.7 Å². The van der Waals surface area contributed by atoms with Gasteiger partial charge in [0.1, 0.15) is 5.01 Å². The third-order valence-electron chi connectivity index (χ3n) is 3.71. The fourth-order valence-electron chi connectivity index (χ4n) is 2.71. The van der Waals surface area contributed by atoms with Gasteiger partial charge in [0.2, 0.25) is 0 Å². The minimum absolute atomic E-state index is 0.454. The lowest BCUT2D eigenvalue weighted by Gasteiger charge is -2.29. The first-order chi connectivity index (χ1) is 8.92. The molecule has 0 saturated carbocycles. The lowest BCUT2D eigenvalue weighted by Crippen LogP contribution is -2.40.